The van der Waals surface area contributed by atoms with Gasteiger partial charge < -0.3 is 5.32 Å². The number of rotatable bonds is 0. The van der Waals surface area contributed by atoms with Gasteiger partial charge in [-0.15, -0.1) is 11.8 Å². The van der Waals surface area contributed by atoms with E-state index >= 15 is 0 Å². The lowest BCUT2D eigenvalue weighted by Crippen LogP contribution is -2.42. The van der Waals surface area contributed by atoms with Gasteiger partial charge >= 0.3 is 0 Å². The minimum absolute atomic E-state index is 0.408. The zero-order chi connectivity index (χ0) is 6.04. The second-order valence-electron chi connectivity index (χ2n) is 2.86. The van der Waals surface area contributed by atoms with E-state index in [9.17, 15) is 0 Å². The highest BCUT2D eigenvalue weighted by molar-refractivity contribution is 7.99. The molecule has 0 amide bonds. The monoisotopic (exact) mass is 131 g/mol. The van der Waals surface area contributed by atoms with Crippen LogP contribution in [0, 0.1) is 0 Å². The van der Waals surface area contributed by atoms with Crippen LogP contribution in [0.2, 0.25) is 0 Å². The Morgan fingerprint density at radius 3 is 2.50 bits per heavy atom. The Bertz CT molecular complexity index is 72.6. The number of hydrogen-bond donors (Lipinski definition) is 1. The average molecular weight is 131 g/mol. The maximum Gasteiger partial charge on any atom is 0.0421 e. The zero-order valence-electron chi connectivity index (χ0n) is 5.53. The molecule has 0 radical (unpaired) electrons. The minimum Gasteiger partial charge on any atom is -0.303 e. The topological polar surface area (TPSA) is 12.0 Å². The molecular weight excluding hydrogens is 118 g/mol. The van der Waals surface area contributed by atoms with Crippen LogP contribution in [0.3, 0.4) is 0 Å². The second kappa shape index (κ2) is 2.28. The molecule has 1 saturated heterocycles. The summed E-state index contributed by atoms with van der Waals surface area (Å²) in [7, 11) is 0. The Labute approximate surface area is 55.2 Å². The summed E-state index contributed by atoms with van der Waals surface area (Å²) < 4.78 is 0. The molecule has 2 heteroatoms. The van der Waals surface area contributed by atoms with Crippen molar-refractivity contribution in [2.75, 3.05) is 11.6 Å². The van der Waals surface area contributed by atoms with Crippen molar-refractivity contribution >= 4 is 11.8 Å². The predicted octanol–water partition coefficient (Wildman–Crippen LogP) is 1.45. The van der Waals surface area contributed by atoms with Crippen molar-refractivity contribution in [3.63, 3.8) is 0 Å². The van der Waals surface area contributed by atoms with E-state index in [1.54, 1.807) is 0 Å². The van der Waals surface area contributed by atoms with Crippen molar-refractivity contribution in [1.29, 1.82) is 0 Å². The van der Waals surface area contributed by atoms with Gasteiger partial charge in [-0.2, -0.15) is 0 Å². The molecule has 1 rings (SSSR count). The molecule has 48 valence electrons. The van der Waals surface area contributed by atoms with E-state index in [-0.39, 0.29) is 0 Å². The third-order valence-electron chi connectivity index (χ3n) is 1.52. The molecule has 1 fully saturated rings. The van der Waals surface area contributed by atoms with Gasteiger partial charge in [0, 0.05) is 11.4 Å². The Balaban J connectivity index is 2.33. The molecule has 1 aliphatic rings. The van der Waals surface area contributed by atoms with E-state index in [2.05, 4.69) is 19.2 Å². The van der Waals surface area contributed by atoms with Crippen molar-refractivity contribution in [3.05, 3.63) is 0 Å². The van der Waals surface area contributed by atoms with Gasteiger partial charge in [0.05, 0.1) is 0 Å². The van der Waals surface area contributed by atoms with Crippen LogP contribution in [0.1, 0.15) is 20.3 Å². The molecule has 1 aliphatic heterocycles. The van der Waals surface area contributed by atoms with Crippen LogP contribution in [0.15, 0.2) is 0 Å². The first kappa shape index (κ1) is 6.43. The lowest BCUT2D eigenvalue weighted by atomic mass is 10.0. The van der Waals surface area contributed by atoms with Crippen LogP contribution in [0.4, 0.5) is 0 Å². The molecule has 8 heavy (non-hydrogen) atoms. The Morgan fingerprint density at radius 2 is 2.25 bits per heavy atom. The number of thioether (sulfide) groups is 1. The minimum atomic E-state index is 0.408. The Hall–Kier alpha value is 0.310. The van der Waals surface area contributed by atoms with Crippen LogP contribution in [0.5, 0.6) is 0 Å². The SMILES string of the molecule is CC1(C)CCSCN1. The summed E-state index contributed by atoms with van der Waals surface area (Å²) in [5, 5.41) is 3.42. The van der Waals surface area contributed by atoms with E-state index in [1.165, 1.54) is 12.2 Å². The normalized spacial score (nSPS) is 27.8. The van der Waals surface area contributed by atoms with Gasteiger partial charge in [-0.1, -0.05) is 0 Å². The van der Waals surface area contributed by atoms with E-state index in [4.69, 9.17) is 0 Å². The van der Waals surface area contributed by atoms with Crippen LogP contribution >= 0.6 is 11.8 Å². The molecule has 1 N–H and O–H groups in total. The number of nitrogens with one attached hydrogen (secondary N) is 1. The lowest BCUT2D eigenvalue weighted by Gasteiger charge is -2.30. The molecule has 0 bridgehead atoms. The summed E-state index contributed by atoms with van der Waals surface area (Å²) in [6.45, 7) is 4.51. The van der Waals surface area contributed by atoms with Crippen LogP contribution in [-0.2, 0) is 0 Å². The fraction of sp³-hybridized carbons (Fsp3) is 1.00. The molecule has 0 unspecified atom stereocenters. The maximum atomic E-state index is 3.42. The molecular formula is C6H13NS. The zero-order valence-corrected chi connectivity index (χ0v) is 6.35. The fourth-order valence-electron chi connectivity index (χ4n) is 0.734. The Morgan fingerprint density at radius 1 is 1.50 bits per heavy atom. The van der Waals surface area contributed by atoms with E-state index < -0.39 is 0 Å². The number of hydrogen-bond acceptors (Lipinski definition) is 2. The third-order valence-corrected chi connectivity index (χ3v) is 2.37. The summed E-state index contributed by atoms with van der Waals surface area (Å²) >= 11 is 1.99. The van der Waals surface area contributed by atoms with E-state index in [1.807, 2.05) is 11.8 Å². The van der Waals surface area contributed by atoms with Gasteiger partial charge in [0.1, 0.15) is 0 Å². The maximum absolute atomic E-state index is 3.42. The van der Waals surface area contributed by atoms with Gasteiger partial charge in [-0.05, 0) is 26.0 Å². The van der Waals surface area contributed by atoms with Gasteiger partial charge in [0.25, 0.3) is 0 Å². The summed E-state index contributed by atoms with van der Waals surface area (Å²) in [5.41, 5.74) is 0.408. The van der Waals surface area contributed by atoms with Crippen LogP contribution < -0.4 is 5.32 Å². The van der Waals surface area contributed by atoms with Crippen molar-refractivity contribution in [2.45, 2.75) is 25.8 Å². The largest absolute Gasteiger partial charge is 0.303 e. The first-order chi connectivity index (χ1) is 3.71. The van der Waals surface area contributed by atoms with Gasteiger partial charge in [-0.25, -0.2) is 0 Å². The molecule has 1 heterocycles. The summed E-state index contributed by atoms with van der Waals surface area (Å²) in [4.78, 5) is 0. The first-order valence-corrected chi connectivity index (χ1v) is 4.19. The van der Waals surface area contributed by atoms with Crippen molar-refractivity contribution in [1.82, 2.24) is 5.32 Å². The smallest absolute Gasteiger partial charge is 0.0421 e. The first-order valence-electron chi connectivity index (χ1n) is 3.03. The molecule has 0 spiro atoms. The van der Waals surface area contributed by atoms with E-state index in [0.29, 0.717) is 5.54 Å². The average Bonchev–Trinajstić information content (AvgIpc) is 1.65. The highest BCUT2D eigenvalue weighted by Crippen LogP contribution is 2.18. The standard InChI is InChI=1S/C6H13NS/c1-6(2)3-4-8-5-7-6/h7H,3-5H2,1-2H3. The molecule has 1 nitrogen and oxygen atoms in total. The molecule has 0 aliphatic carbocycles. The van der Waals surface area contributed by atoms with E-state index in [0.717, 1.165) is 5.88 Å². The molecule has 0 aromatic rings. The fourth-order valence-corrected chi connectivity index (χ4v) is 2.03. The Kier molecular flexibility index (Phi) is 1.83. The van der Waals surface area contributed by atoms with Crippen molar-refractivity contribution in [3.8, 4) is 0 Å². The van der Waals surface area contributed by atoms with Gasteiger partial charge in [0.15, 0.2) is 0 Å². The highest BCUT2D eigenvalue weighted by atomic mass is 32.2. The van der Waals surface area contributed by atoms with Crippen molar-refractivity contribution < 1.29 is 0 Å². The predicted molar refractivity (Wildman–Crippen MR) is 39.2 cm³/mol. The third kappa shape index (κ3) is 1.67. The van der Waals surface area contributed by atoms with Crippen LogP contribution in [0.25, 0.3) is 0 Å². The lowest BCUT2D eigenvalue weighted by molar-refractivity contribution is 0.397. The molecule has 0 atom stereocenters. The highest BCUT2D eigenvalue weighted by Gasteiger charge is 2.19. The quantitative estimate of drug-likeness (QED) is 0.534. The molecule has 0 saturated carbocycles. The molecule has 0 aromatic heterocycles. The van der Waals surface area contributed by atoms with Crippen LogP contribution in [-0.4, -0.2) is 17.2 Å². The van der Waals surface area contributed by atoms with Crippen molar-refractivity contribution in [2.24, 2.45) is 0 Å². The summed E-state index contributed by atoms with van der Waals surface area (Å²) in [6.07, 6.45) is 1.30. The van der Waals surface area contributed by atoms with Gasteiger partial charge in [-0.3, -0.25) is 0 Å². The molecule has 0 aromatic carbocycles. The summed E-state index contributed by atoms with van der Waals surface area (Å²) in [6, 6.07) is 0. The van der Waals surface area contributed by atoms with Gasteiger partial charge in [0.2, 0.25) is 0 Å². The summed E-state index contributed by atoms with van der Waals surface area (Å²) in [5.74, 6) is 2.45. The second-order valence-corrected chi connectivity index (χ2v) is 3.97.